The predicted molar refractivity (Wildman–Crippen MR) is 185 cm³/mol. The summed E-state index contributed by atoms with van der Waals surface area (Å²) < 4.78 is 38.6. The van der Waals surface area contributed by atoms with Crippen molar-refractivity contribution in [3.63, 3.8) is 0 Å². The molecule has 4 bridgehead atoms. The number of carbonyl (C=O) groups is 1. The number of aliphatic hydroxyl groups excluding tert-OH is 1. The van der Waals surface area contributed by atoms with Gasteiger partial charge in [0.1, 0.15) is 29.6 Å². The lowest BCUT2D eigenvalue weighted by Crippen LogP contribution is -2.40. The Morgan fingerprint density at radius 3 is 2.16 bits per heavy atom. The third kappa shape index (κ3) is 7.16. The highest BCUT2D eigenvalue weighted by atomic mass is 35.5. The Kier molecular flexibility index (Phi) is 10.1. The van der Waals surface area contributed by atoms with Crippen LogP contribution in [-0.2, 0) is 31.7 Å². The van der Waals surface area contributed by atoms with Gasteiger partial charge in [-0.1, -0.05) is 41.9 Å². The maximum Gasteiger partial charge on any atom is 0.294 e. The van der Waals surface area contributed by atoms with Crippen LogP contribution in [0.15, 0.2) is 71.1 Å². The number of ketones is 1. The van der Waals surface area contributed by atoms with Crippen LogP contribution in [-0.4, -0.2) is 42.9 Å². The van der Waals surface area contributed by atoms with E-state index in [4.69, 9.17) is 21.1 Å². The van der Waals surface area contributed by atoms with Gasteiger partial charge in [0.25, 0.3) is 11.4 Å². The number of allylic oxidation sites excluding steroid dienone is 1. The van der Waals surface area contributed by atoms with Crippen LogP contribution >= 0.6 is 11.6 Å². The normalized spacial score (nSPS) is 21.0. The van der Waals surface area contributed by atoms with Gasteiger partial charge < -0.3 is 14.6 Å². The maximum absolute atomic E-state index is 13.1. The first-order valence-electron chi connectivity index (χ1n) is 16.2. The molecule has 4 aliphatic rings. The summed E-state index contributed by atoms with van der Waals surface area (Å²) in [5, 5.41) is 32.2. The number of aliphatic hydroxyl groups is 1. The van der Waals surface area contributed by atoms with Gasteiger partial charge in [0.2, 0.25) is 0 Å². The van der Waals surface area contributed by atoms with Crippen LogP contribution in [0.2, 0.25) is 5.02 Å². The molecule has 0 saturated heterocycles. The summed E-state index contributed by atoms with van der Waals surface area (Å²) in [6, 6.07) is 12.5. The van der Waals surface area contributed by atoms with Gasteiger partial charge >= 0.3 is 0 Å². The number of carbonyl (C=O) groups excluding carboxylic acids is 1. The number of methoxy groups -OCH3 is 1. The molecule has 4 fully saturated rings. The van der Waals surface area contributed by atoms with Gasteiger partial charge in [0.15, 0.2) is 15.6 Å². The number of hydrogen-bond acceptors (Lipinski definition) is 10. The molecule has 0 unspecified atom stereocenters. The van der Waals surface area contributed by atoms with E-state index in [0.29, 0.717) is 50.9 Å². The highest BCUT2D eigenvalue weighted by Crippen LogP contribution is 2.58. The van der Waals surface area contributed by atoms with E-state index < -0.39 is 54.1 Å². The number of nitro benzene ring substituents is 2. The number of ether oxygens (including phenoxy) is 2. The van der Waals surface area contributed by atoms with Crippen LogP contribution in [0.4, 0.5) is 11.4 Å². The Labute approximate surface area is 293 Å². The van der Waals surface area contributed by atoms with Gasteiger partial charge in [-0.15, -0.1) is 0 Å². The SMILES string of the molecule is COC(=C1C2CC3CC(C2)CC1C3)c1ccc(/C=C/C(=O)CO)c(OCc2ccc(CS(=O)(=O)c3ccc([N+](=O)[O-])cc3[N+](=O)[O-])cc2)c1Cl. The van der Waals surface area contributed by atoms with Gasteiger partial charge in [0, 0.05) is 17.2 Å². The highest BCUT2D eigenvalue weighted by molar-refractivity contribution is 7.90. The molecule has 0 spiro atoms. The molecule has 3 aromatic rings. The quantitative estimate of drug-likeness (QED) is 0.0829. The minimum atomic E-state index is -4.24. The molecule has 50 heavy (non-hydrogen) atoms. The number of nitro groups is 2. The van der Waals surface area contributed by atoms with Crippen molar-refractivity contribution in [3.05, 3.63) is 114 Å². The zero-order valence-corrected chi connectivity index (χ0v) is 28.7. The van der Waals surface area contributed by atoms with Crippen LogP contribution in [0.5, 0.6) is 5.75 Å². The van der Waals surface area contributed by atoms with Crippen LogP contribution in [0, 0.1) is 43.9 Å². The highest BCUT2D eigenvalue weighted by Gasteiger charge is 2.47. The van der Waals surface area contributed by atoms with Crippen molar-refractivity contribution in [2.45, 2.75) is 49.4 Å². The van der Waals surface area contributed by atoms with Crippen molar-refractivity contribution >= 4 is 50.4 Å². The van der Waals surface area contributed by atoms with E-state index >= 15 is 0 Å². The van der Waals surface area contributed by atoms with E-state index in [1.807, 2.05) is 6.07 Å². The second-order valence-electron chi connectivity index (χ2n) is 13.1. The van der Waals surface area contributed by atoms with Crippen LogP contribution < -0.4 is 4.74 Å². The van der Waals surface area contributed by atoms with Gasteiger partial charge in [-0.3, -0.25) is 25.0 Å². The minimum absolute atomic E-state index is 0.0201. The third-order valence-electron chi connectivity index (χ3n) is 9.91. The van der Waals surface area contributed by atoms with Gasteiger partial charge in [-0.2, -0.15) is 0 Å². The number of nitrogens with zero attached hydrogens (tertiary/aromatic N) is 2. The molecule has 0 radical (unpaired) electrons. The average Bonchev–Trinajstić information content (AvgIpc) is 3.08. The minimum Gasteiger partial charge on any atom is -0.496 e. The van der Waals surface area contributed by atoms with E-state index in [1.54, 1.807) is 37.4 Å². The number of rotatable bonds is 13. The summed E-state index contributed by atoms with van der Waals surface area (Å²) in [6.45, 7) is -0.630. The monoisotopic (exact) mass is 722 g/mol. The van der Waals surface area contributed by atoms with Gasteiger partial charge in [0.05, 0.1) is 33.8 Å². The third-order valence-corrected chi connectivity index (χ3v) is 12.0. The van der Waals surface area contributed by atoms with Crippen molar-refractivity contribution in [1.82, 2.24) is 0 Å². The molecule has 0 aliphatic heterocycles. The summed E-state index contributed by atoms with van der Waals surface area (Å²) in [7, 11) is -2.59. The molecule has 0 heterocycles. The summed E-state index contributed by atoms with van der Waals surface area (Å²) in [4.78, 5) is 32.1. The van der Waals surface area contributed by atoms with Gasteiger partial charge in [-0.05, 0) is 96.8 Å². The first-order valence-corrected chi connectivity index (χ1v) is 18.2. The van der Waals surface area contributed by atoms with Crippen molar-refractivity contribution in [2.75, 3.05) is 13.7 Å². The fourth-order valence-corrected chi connectivity index (χ4v) is 9.74. The topological polar surface area (TPSA) is 176 Å². The van der Waals surface area contributed by atoms with Crippen LogP contribution in [0.1, 0.15) is 54.4 Å². The second kappa shape index (κ2) is 14.3. The standard InChI is InChI=1S/C36H35ClN2O10S/c1-48-36(33-26-13-23-12-24(15-26)16-27(33)14-23)30-10-7-25(6-9-29(41)18-40)35(34(30)37)49-19-21-2-4-22(5-3-21)20-50(46,47)32-11-8-28(38(42)43)17-31(32)39(44)45/h2-11,17,23-24,26-27,40H,12-16,18-20H2,1H3/b9-6+,36-33?. The zero-order chi connectivity index (χ0) is 35.7. The Morgan fingerprint density at radius 2 is 1.58 bits per heavy atom. The molecule has 0 amide bonds. The molecule has 0 atom stereocenters. The Bertz CT molecular complexity index is 1990. The lowest BCUT2D eigenvalue weighted by molar-refractivity contribution is -0.396. The van der Waals surface area contributed by atoms with Crippen molar-refractivity contribution in [3.8, 4) is 5.75 Å². The summed E-state index contributed by atoms with van der Waals surface area (Å²) in [5.41, 5.74) is 2.05. The van der Waals surface area contributed by atoms with E-state index in [2.05, 4.69) is 0 Å². The van der Waals surface area contributed by atoms with E-state index in [1.165, 1.54) is 24.1 Å². The van der Waals surface area contributed by atoms with Crippen LogP contribution in [0.3, 0.4) is 0 Å². The zero-order valence-electron chi connectivity index (χ0n) is 27.1. The maximum atomic E-state index is 13.1. The fourth-order valence-electron chi connectivity index (χ4n) is 7.92. The largest absolute Gasteiger partial charge is 0.496 e. The van der Waals surface area contributed by atoms with E-state index in [-0.39, 0.29) is 6.61 Å². The summed E-state index contributed by atoms with van der Waals surface area (Å²) >= 11 is 7.07. The van der Waals surface area contributed by atoms with Crippen LogP contribution in [0.25, 0.3) is 11.8 Å². The summed E-state index contributed by atoms with van der Waals surface area (Å²) in [6.07, 6.45) is 8.71. The lowest BCUT2D eigenvalue weighted by Gasteiger charge is -2.51. The molecule has 3 aromatic carbocycles. The Hall–Kier alpha value is -4.59. The molecule has 1 N–H and O–H groups in total. The summed E-state index contributed by atoms with van der Waals surface area (Å²) in [5.74, 6) is 2.43. The first-order chi connectivity index (χ1) is 23.9. The number of halogens is 1. The molecular weight excluding hydrogens is 688 g/mol. The average molecular weight is 723 g/mol. The number of benzene rings is 3. The molecule has 14 heteroatoms. The smallest absolute Gasteiger partial charge is 0.294 e. The molecule has 7 rings (SSSR count). The Balaban J connectivity index is 1.25. The number of non-ortho nitro benzene ring substituents is 1. The lowest BCUT2D eigenvalue weighted by atomic mass is 9.54. The fraction of sp³-hybridized carbons (Fsp3) is 0.361. The van der Waals surface area contributed by atoms with Crippen molar-refractivity contribution in [1.29, 1.82) is 0 Å². The number of hydrogen-bond donors (Lipinski definition) is 1. The van der Waals surface area contributed by atoms with Crippen molar-refractivity contribution < 1.29 is 37.6 Å². The predicted octanol–water partition coefficient (Wildman–Crippen LogP) is 7.10. The molecule has 4 aliphatic carbocycles. The first kappa shape index (κ1) is 35.2. The second-order valence-corrected chi connectivity index (χ2v) is 15.5. The number of sulfone groups is 1. The van der Waals surface area contributed by atoms with Gasteiger partial charge in [-0.25, -0.2) is 8.42 Å². The molecule has 12 nitrogen and oxygen atoms in total. The van der Waals surface area contributed by atoms with E-state index in [0.717, 1.165) is 55.4 Å². The molecule has 4 saturated carbocycles. The molecular formula is C36H35ClN2O10S. The van der Waals surface area contributed by atoms with Crippen molar-refractivity contribution in [2.24, 2.45) is 23.7 Å². The van der Waals surface area contributed by atoms with E-state index in [9.17, 15) is 38.5 Å². The molecule has 262 valence electrons. The Morgan fingerprint density at radius 1 is 0.940 bits per heavy atom. The molecule has 0 aromatic heterocycles.